The normalized spacial score (nSPS) is 22.5. The molecule has 0 radical (unpaired) electrons. The highest BCUT2D eigenvalue weighted by molar-refractivity contribution is 6.35. The first-order valence-corrected chi connectivity index (χ1v) is 11.6. The molecule has 0 saturated carbocycles. The van der Waals surface area contributed by atoms with Gasteiger partial charge in [0.05, 0.1) is 30.6 Å². The predicted molar refractivity (Wildman–Crippen MR) is 128 cm³/mol. The molecule has 0 bridgehead atoms. The van der Waals surface area contributed by atoms with Crippen molar-refractivity contribution in [1.29, 1.82) is 0 Å². The second-order valence-corrected chi connectivity index (χ2v) is 10.1. The Morgan fingerprint density at radius 3 is 2.85 bits per heavy atom. The molecule has 1 saturated heterocycles. The van der Waals surface area contributed by atoms with Gasteiger partial charge in [0.2, 0.25) is 0 Å². The molecule has 2 N–H and O–H groups in total. The van der Waals surface area contributed by atoms with Gasteiger partial charge in [-0.2, -0.15) is 4.98 Å². The van der Waals surface area contributed by atoms with E-state index >= 15 is 0 Å². The zero-order valence-electron chi connectivity index (χ0n) is 18.6. The number of morpholine rings is 1. The number of anilines is 2. The number of aromatic nitrogens is 2. The molecule has 5 rings (SSSR count). The third kappa shape index (κ3) is 4.00. The van der Waals surface area contributed by atoms with Crippen molar-refractivity contribution in [2.45, 2.75) is 44.9 Å². The quantitative estimate of drug-likeness (QED) is 0.574. The number of nitrogens with two attached hydrogens (primary N) is 1. The standard InChI is InChI=1S/C23H25Cl2N5O3/c1-12-19-13(6-14(24)7-15(19)25)4-5-30(12)21(31)18-10-29(11-23(2,3)33-18)17-9-27-8-16-20(17)32-22(26)28-16/h6-9,12,18H,4-5,10-11H2,1-3H3,(H2,26,28)/t12-,18+/m0/s1. The lowest BCUT2D eigenvalue weighted by Crippen LogP contribution is -2.58. The number of nitrogen functional groups attached to an aromatic ring is 1. The van der Waals surface area contributed by atoms with Gasteiger partial charge in [-0.1, -0.05) is 23.2 Å². The maximum atomic E-state index is 13.7. The molecule has 1 amide bonds. The van der Waals surface area contributed by atoms with Gasteiger partial charge < -0.3 is 24.7 Å². The van der Waals surface area contributed by atoms with Crippen molar-refractivity contribution < 1.29 is 13.9 Å². The zero-order chi connectivity index (χ0) is 23.5. The highest BCUT2D eigenvalue weighted by Crippen LogP contribution is 2.38. The van der Waals surface area contributed by atoms with Crippen molar-refractivity contribution in [2.75, 3.05) is 30.3 Å². The Labute approximate surface area is 201 Å². The van der Waals surface area contributed by atoms with Crippen LogP contribution in [0.1, 0.15) is 37.9 Å². The summed E-state index contributed by atoms with van der Waals surface area (Å²) in [6.45, 7) is 7.41. The first-order chi connectivity index (χ1) is 15.6. The molecule has 33 heavy (non-hydrogen) atoms. The highest BCUT2D eigenvalue weighted by Gasteiger charge is 2.42. The summed E-state index contributed by atoms with van der Waals surface area (Å²) in [6, 6.07) is 3.55. The second-order valence-electron chi connectivity index (χ2n) is 9.22. The Hall–Kier alpha value is -2.55. The Morgan fingerprint density at radius 2 is 2.06 bits per heavy atom. The van der Waals surface area contributed by atoms with Crippen LogP contribution in [0.3, 0.4) is 0 Å². The van der Waals surface area contributed by atoms with Gasteiger partial charge in [-0.25, -0.2) is 0 Å². The monoisotopic (exact) mass is 489 g/mol. The molecule has 10 heteroatoms. The molecule has 3 aromatic rings. The van der Waals surface area contributed by atoms with E-state index in [0.717, 1.165) is 16.8 Å². The van der Waals surface area contributed by atoms with Gasteiger partial charge in [0, 0.05) is 23.1 Å². The topological polar surface area (TPSA) is 97.7 Å². The fraction of sp³-hybridized carbons (Fsp3) is 0.435. The van der Waals surface area contributed by atoms with Crippen molar-refractivity contribution in [2.24, 2.45) is 0 Å². The minimum absolute atomic E-state index is 0.0749. The molecule has 1 aromatic carbocycles. The average molecular weight is 490 g/mol. The van der Waals surface area contributed by atoms with Gasteiger partial charge in [0.15, 0.2) is 11.7 Å². The van der Waals surface area contributed by atoms with Crippen LogP contribution >= 0.6 is 23.2 Å². The number of fused-ring (bicyclic) bond motifs is 2. The van der Waals surface area contributed by atoms with Gasteiger partial charge in [-0.05, 0) is 50.5 Å². The van der Waals surface area contributed by atoms with E-state index in [9.17, 15) is 4.79 Å². The summed E-state index contributed by atoms with van der Waals surface area (Å²) in [5.41, 5.74) is 9.07. The number of halogens is 2. The Kier molecular flexibility index (Phi) is 5.42. The largest absolute Gasteiger partial charge is 0.421 e. The molecule has 174 valence electrons. The van der Waals surface area contributed by atoms with Crippen LogP contribution < -0.4 is 10.6 Å². The summed E-state index contributed by atoms with van der Waals surface area (Å²) >= 11 is 12.7. The number of nitrogens with zero attached hydrogens (tertiary/aromatic N) is 4. The number of benzene rings is 1. The van der Waals surface area contributed by atoms with E-state index in [1.165, 1.54) is 0 Å². The number of rotatable bonds is 2. The third-order valence-corrected chi connectivity index (χ3v) is 6.83. The van der Waals surface area contributed by atoms with E-state index in [1.54, 1.807) is 18.5 Å². The van der Waals surface area contributed by atoms with Crippen LogP contribution in [0.2, 0.25) is 10.0 Å². The molecule has 8 nitrogen and oxygen atoms in total. The summed E-state index contributed by atoms with van der Waals surface area (Å²) in [6.07, 6.45) is 3.33. The van der Waals surface area contributed by atoms with Crippen LogP contribution in [0.5, 0.6) is 0 Å². The van der Waals surface area contributed by atoms with Crippen LogP contribution in [0.25, 0.3) is 11.1 Å². The number of carbonyl (C=O) groups is 1. The van der Waals surface area contributed by atoms with Gasteiger partial charge in [0.1, 0.15) is 11.2 Å². The SMILES string of the molecule is C[C@H]1c2c(Cl)cc(Cl)cc2CCN1C(=O)[C@H]1CN(c2cncc3nc(N)oc23)CC(C)(C)O1. The molecule has 2 aromatic heterocycles. The van der Waals surface area contributed by atoms with Gasteiger partial charge in [-0.15, -0.1) is 0 Å². The molecule has 1 fully saturated rings. The smallest absolute Gasteiger partial charge is 0.293 e. The van der Waals surface area contributed by atoms with Crippen molar-refractivity contribution in [1.82, 2.24) is 14.9 Å². The molecular weight excluding hydrogens is 465 g/mol. The van der Waals surface area contributed by atoms with Crippen LogP contribution in [0.4, 0.5) is 11.7 Å². The number of oxazole rings is 1. The third-order valence-electron chi connectivity index (χ3n) is 6.30. The fourth-order valence-corrected chi connectivity index (χ4v) is 5.66. The second kappa shape index (κ2) is 8.04. The summed E-state index contributed by atoms with van der Waals surface area (Å²) in [4.78, 5) is 26.1. The van der Waals surface area contributed by atoms with Crippen LogP contribution in [-0.2, 0) is 16.0 Å². The van der Waals surface area contributed by atoms with E-state index in [2.05, 4.69) is 14.9 Å². The molecule has 0 aliphatic carbocycles. The number of amides is 1. The van der Waals surface area contributed by atoms with E-state index in [-0.39, 0.29) is 18.0 Å². The van der Waals surface area contributed by atoms with Gasteiger partial charge in [-0.3, -0.25) is 9.78 Å². The van der Waals surface area contributed by atoms with E-state index in [1.807, 2.05) is 31.7 Å². The molecule has 4 heterocycles. The maximum Gasteiger partial charge on any atom is 0.293 e. The Morgan fingerprint density at radius 1 is 1.27 bits per heavy atom. The van der Waals surface area contributed by atoms with Gasteiger partial charge >= 0.3 is 0 Å². The minimum Gasteiger partial charge on any atom is -0.421 e. The van der Waals surface area contributed by atoms with Crippen LogP contribution in [0.15, 0.2) is 28.9 Å². The molecule has 2 aliphatic rings. The molecule has 2 aliphatic heterocycles. The number of pyridine rings is 1. The summed E-state index contributed by atoms with van der Waals surface area (Å²) in [5.74, 6) is -0.0749. The van der Waals surface area contributed by atoms with E-state index in [4.69, 9.17) is 38.1 Å². The maximum absolute atomic E-state index is 13.7. The first kappa shape index (κ1) is 22.3. The van der Waals surface area contributed by atoms with Gasteiger partial charge in [0.25, 0.3) is 11.9 Å². The summed E-state index contributed by atoms with van der Waals surface area (Å²) in [5, 5.41) is 1.18. The number of hydrogen-bond donors (Lipinski definition) is 1. The Bertz CT molecular complexity index is 1240. The molecular formula is C23H25Cl2N5O3. The van der Waals surface area contributed by atoms with Crippen molar-refractivity contribution >= 4 is 51.9 Å². The predicted octanol–water partition coefficient (Wildman–Crippen LogP) is 4.24. The summed E-state index contributed by atoms with van der Waals surface area (Å²) in [7, 11) is 0. The number of hydrogen-bond acceptors (Lipinski definition) is 7. The lowest BCUT2D eigenvalue weighted by Gasteiger charge is -2.45. The zero-order valence-corrected chi connectivity index (χ0v) is 20.2. The number of ether oxygens (including phenoxy) is 1. The van der Waals surface area contributed by atoms with Crippen molar-refractivity contribution in [3.8, 4) is 0 Å². The summed E-state index contributed by atoms with van der Waals surface area (Å²) < 4.78 is 11.9. The van der Waals surface area contributed by atoms with Crippen LogP contribution in [0, 0.1) is 0 Å². The fourth-order valence-electron chi connectivity index (χ4n) is 4.97. The molecule has 0 unspecified atom stereocenters. The first-order valence-electron chi connectivity index (χ1n) is 10.8. The lowest BCUT2D eigenvalue weighted by atomic mass is 9.92. The van der Waals surface area contributed by atoms with Crippen LogP contribution in [-0.4, -0.2) is 52.1 Å². The highest BCUT2D eigenvalue weighted by atomic mass is 35.5. The van der Waals surface area contributed by atoms with Crippen molar-refractivity contribution in [3.63, 3.8) is 0 Å². The van der Waals surface area contributed by atoms with Crippen molar-refractivity contribution in [3.05, 3.63) is 45.7 Å². The average Bonchev–Trinajstić information content (AvgIpc) is 3.12. The molecule has 2 atom stereocenters. The van der Waals surface area contributed by atoms with E-state index in [0.29, 0.717) is 47.2 Å². The van der Waals surface area contributed by atoms with E-state index < -0.39 is 11.7 Å². The Balaban J connectivity index is 1.44. The molecule has 0 spiro atoms. The minimum atomic E-state index is -0.667. The number of carbonyl (C=O) groups excluding carboxylic acids is 1. The lowest BCUT2D eigenvalue weighted by molar-refractivity contribution is -0.159.